The van der Waals surface area contributed by atoms with Gasteiger partial charge in [0.2, 0.25) is 11.8 Å². The Hall–Kier alpha value is -4.01. The minimum atomic E-state index is -0.578. The number of fused-ring (bicyclic) bond motifs is 1. The van der Waals surface area contributed by atoms with Crippen LogP contribution in [0.25, 0.3) is 16.9 Å². The van der Waals surface area contributed by atoms with Crippen molar-refractivity contribution in [3.8, 4) is 11.3 Å². The van der Waals surface area contributed by atoms with Gasteiger partial charge in [0.15, 0.2) is 5.65 Å². The second-order valence-electron chi connectivity index (χ2n) is 7.59. The maximum atomic E-state index is 12.5. The summed E-state index contributed by atoms with van der Waals surface area (Å²) < 4.78 is 6.85. The predicted molar refractivity (Wildman–Crippen MR) is 119 cm³/mol. The maximum absolute atomic E-state index is 12.5. The van der Waals surface area contributed by atoms with Crippen molar-refractivity contribution in [1.29, 1.82) is 0 Å². The van der Waals surface area contributed by atoms with Crippen LogP contribution in [-0.2, 0) is 17.6 Å². The summed E-state index contributed by atoms with van der Waals surface area (Å²) in [6, 6.07) is 9.76. The number of amides is 2. The number of hydrogen-bond donors (Lipinski definition) is 2. The lowest BCUT2D eigenvalue weighted by atomic mass is 10.1. The van der Waals surface area contributed by atoms with Gasteiger partial charge in [-0.2, -0.15) is 5.10 Å². The molecule has 0 spiro atoms. The lowest BCUT2D eigenvalue weighted by Crippen LogP contribution is -2.15. The highest BCUT2D eigenvalue weighted by Crippen LogP contribution is 2.23. The van der Waals surface area contributed by atoms with Gasteiger partial charge in [-0.15, -0.1) is 0 Å². The van der Waals surface area contributed by atoms with Gasteiger partial charge in [0.1, 0.15) is 11.3 Å². The smallest absolute Gasteiger partial charge is 0.254 e. The standard InChI is InChI=1S/C23H24N6O3/c1-4-15-5-7-16(8-6-15)19-11-21(32-28-19)27-20(30)10-9-17-13(2)26-23-18(22(24)31)12-25-29(23)14(17)3/h5-8,11-12H,4,9-10H2,1-3H3,(H2,24,31)(H,27,30). The average Bonchev–Trinajstić information content (AvgIpc) is 3.41. The molecule has 0 bridgehead atoms. The first kappa shape index (κ1) is 21.2. The van der Waals surface area contributed by atoms with E-state index >= 15 is 0 Å². The van der Waals surface area contributed by atoms with E-state index in [0.717, 1.165) is 28.9 Å². The summed E-state index contributed by atoms with van der Waals surface area (Å²) >= 11 is 0. The SMILES string of the molecule is CCc1ccc(-c2cc(NC(=O)CCc3c(C)nc4c(C(N)=O)cnn4c3C)on2)cc1. The van der Waals surface area contributed by atoms with E-state index in [4.69, 9.17) is 10.3 Å². The molecule has 0 unspecified atom stereocenters. The predicted octanol–water partition coefficient (Wildman–Crippen LogP) is 3.23. The summed E-state index contributed by atoms with van der Waals surface area (Å²) in [6.07, 6.45) is 3.05. The van der Waals surface area contributed by atoms with Gasteiger partial charge in [-0.25, -0.2) is 9.50 Å². The van der Waals surface area contributed by atoms with Crippen molar-refractivity contribution < 1.29 is 14.1 Å². The molecular formula is C23H24N6O3. The van der Waals surface area contributed by atoms with Crippen LogP contribution in [0.15, 0.2) is 41.1 Å². The molecule has 2 amide bonds. The molecular weight excluding hydrogens is 408 g/mol. The van der Waals surface area contributed by atoms with Gasteiger partial charge in [0.25, 0.3) is 5.91 Å². The van der Waals surface area contributed by atoms with Crippen molar-refractivity contribution in [2.75, 3.05) is 5.32 Å². The number of carbonyl (C=O) groups excluding carboxylic acids is 2. The molecule has 0 aliphatic heterocycles. The summed E-state index contributed by atoms with van der Waals surface area (Å²) in [4.78, 5) is 28.5. The summed E-state index contributed by atoms with van der Waals surface area (Å²) in [5.41, 5.74) is 11.3. The third-order valence-electron chi connectivity index (χ3n) is 5.51. The third-order valence-corrected chi connectivity index (χ3v) is 5.51. The van der Waals surface area contributed by atoms with E-state index in [2.05, 4.69) is 27.5 Å². The van der Waals surface area contributed by atoms with Crippen molar-refractivity contribution in [2.24, 2.45) is 5.73 Å². The van der Waals surface area contributed by atoms with Gasteiger partial charge in [-0.3, -0.25) is 14.9 Å². The molecule has 0 atom stereocenters. The van der Waals surface area contributed by atoms with Crippen LogP contribution in [0.1, 0.15) is 46.2 Å². The van der Waals surface area contributed by atoms with Gasteiger partial charge < -0.3 is 10.3 Å². The number of nitrogens with one attached hydrogen (secondary N) is 1. The van der Waals surface area contributed by atoms with E-state index in [-0.39, 0.29) is 17.9 Å². The molecule has 3 aromatic heterocycles. The zero-order valence-electron chi connectivity index (χ0n) is 18.2. The van der Waals surface area contributed by atoms with E-state index in [1.165, 1.54) is 11.8 Å². The second-order valence-corrected chi connectivity index (χ2v) is 7.59. The second kappa shape index (κ2) is 8.62. The van der Waals surface area contributed by atoms with Gasteiger partial charge in [0.05, 0.1) is 6.20 Å². The Morgan fingerprint density at radius 3 is 2.62 bits per heavy atom. The Morgan fingerprint density at radius 2 is 1.94 bits per heavy atom. The van der Waals surface area contributed by atoms with Gasteiger partial charge in [-0.1, -0.05) is 36.3 Å². The molecule has 9 heteroatoms. The fraction of sp³-hybridized carbons (Fsp3) is 0.261. The molecule has 0 radical (unpaired) electrons. The molecule has 0 aliphatic rings. The Bertz CT molecular complexity index is 1300. The number of anilines is 1. The molecule has 4 aromatic rings. The Labute approximate surface area is 184 Å². The van der Waals surface area contributed by atoms with Crippen LogP contribution in [0.4, 0.5) is 5.88 Å². The van der Waals surface area contributed by atoms with Crippen molar-refractivity contribution >= 4 is 23.3 Å². The number of benzene rings is 1. The average molecular weight is 432 g/mol. The summed E-state index contributed by atoms with van der Waals surface area (Å²) in [5, 5.41) is 11.0. The topological polar surface area (TPSA) is 128 Å². The molecule has 9 nitrogen and oxygen atoms in total. The van der Waals surface area contributed by atoms with E-state index in [1.54, 1.807) is 10.6 Å². The molecule has 0 saturated carbocycles. The highest BCUT2D eigenvalue weighted by molar-refractivity contribution is 5.98. The van der Waals surface area contributed by atoms with Crippen LogP contribution in [0.2, 0.25) is 0 Å². The van der Waals surface area contributed by atoms with Crippen molar-refractivity contribution in [1.82, 2.24) is 19.8 Å². The molecule has 1 aromatic carbocycles. The Balaban J connectivity index is 1.44. The van der Waals surface area contributed by atoms with Crippen molar-refractivity contribution in [3.05, 3.63) is 64.6 Å². The van der Waals surface area contributed by atoms with Gasteiger partial charge in [0, 0.05) is 29.4 Å². The first-order valence-corrected chi connectivity index (χ1v) is 10.4. The summed E-state index contributed by atoms with van der Waals surface area (Å²) in [6.45, 7) is 5.81. The first-order chi connectivity index (χ1) is 15.4. The molecule has 3 N–H and O–H groups in total. The van der Waals surface area contributed by atoms with E-state index in [0.29, 0.717) is 23.6 Å². The summed E-state index contributed by atoms with van der Waals surface area (Å²) in [5.74, 6) is -0.484. The fourth-order valence-electron chi connectivity index (χ4n) is 3.67. The number of aromatic nitrogens is 4. The van der Waals surface area contributed by atoms with Crippen LogP contribution in [0, 0.1) is 13.8 Å². The number of aryl methyl sites for hydroxylation is 3. The molecule has 4 rings (SSSR count). The van der Waals surface area contributed by atoms with Crippen LogP contribution in [0.3, 0.4) is 0 Å². The third kappa shape index (κ3) is 4.09. The number of primary amides is 1. The number of hydrogen-bond acceptors (Lipinski definition) is 6. The minimum absolute atomic E-state index is 0.203. The van der Waals surface area contributed by atoms with Crippen LogP contribution in [-0.4, -0.2) is 31.6 Å². The monoisotopic (exact) mass is 432 g/mol. The van der Waals surface area contributed by atoms with Crippen LogP contribution >= 0.6 is 0 Å². The molecule has 3 heterocycles. The minimum Gasteiger partial charge on any atom is -0.365 e. The van der Waals surface area contributed by atoms with E-state index in [9.17, 15) is 9.59 Å². The van der Waals surface area contributed by atoms with Crippen molar-refractivity contribution in [3.63, 3.8) is 0 Å². The van der Waals surface area contributed by atoms with Gasteiger partial charge >= 0.3 is 0 Å². The lowest BCUT2D eigenvalue weighted by Gasteiger charge is -2.11. The number of carbonyl (C=O) groups is 2. The fourth-order valence-corrected chi connectivity index (χ4v) is 3.67. The zero-order valence-corrected chi connectivity index (χ0v) is 18.2. The number of rotatable bonds is 7. The van der Waals surface area contributed by atoms with E-state index < -0.39 is 5.91 Å². The molecule has 0 aliphatic carbocycles. The van der Waals surface area contributed by atoms with Crippen molar-refractivity contribution in [2.45, 2.75) is 40.0 Å². The van der Waals surface area contributed by atoms with Crippen LogP contribution < -0.4 is 11.1 Å². The molecule has 32 heavy (non-hydrogen) atoms. The highest BCUT2D eigenvalue weighted by atomic mass is 16.5. The quantitative estimate of drug-likeness (QED) is 0.461. The van der Waals surface area contributed by atoms with Crippen LogP contribution in [0.5, 0.6) is 0 Å². The normalized spacial score (nSPS) is 11.1. The summed E-state index contributed by atoms with van der Waals surface area (Å²) in [7, 11) is 0. The number of nitrogens with zero attached hydrogens (tertiary/aromatic N) is 4. The van der Waals surface area contributed by atoms with E-state index in [1.807, 2.05) is 38.1 Å². The van der Waals surface area contributed by atoms with Gasteiger partial charge in [-0.05, 0) is 37.8 Å². The molecule has 0 fully saturated rings. The Kier molecular flexibility index (Phi) is 5.72. The first-order valence-electron chi connectivity index (χ1n) is 10.4. The zero-order chi connectivity index (χ0) is 22.8. The maximum Gasteiger partial charge on any atom is 0.254 e. The molecule has 164 valence electrons. The lowest BCUT2D eigenvalue weighted by molar-refractivity contribution is -0.116. The largest absolute Gasteiger partial charge is 0.365 e. The Morgan fingerprint density at radius 1 is 1.19 bits per heavy atom. The highest BCUT2D eigenvalue weighted by Gasteiger charge is 2.17. The molecule has 0 saturated heterocycles. The number of nitrogens with two attached hydrogens (primary N) is 1.